The molecule has 0 aliphatic carbocycles. The average Bonchev–Trinajstić information content (AvgIpc) is 2.82. The van der Waals surface area contributed by atoms with Gasteiger partial charge in [0.25, 0.3) is 0 Å². The van der Waals surface area contributed by atoms with E-state index in [1.165, 1.54) is 6.33 Å². The second kappa shape index (κ2) is 5.92. The van der Waals surface area contributed by atoms with Crippen LogP contribution >= 0.6 is 0 Å². The van der Waals surface area contributed by atoms with Crippen molar-refractivity contribution in [3.05, 3.63) is 41.7 Å². The molecule has 0 bridgehead atoms. The van der Waals surface area contributed by atoms with Crippen molar-refractivity contribution in [3.63, 3.8) is 0 Å². The molecule has 1 amide bonds. The van der Waals surface area contributed by atoms with Gasteiger partial charge in [-0.3, -0.25) is 15.2 Å². The maximum atomic E-state index is 11.7. The molecule has 0 fully saturated rings. The van der Waals surface area contributed by atoms with Gasteiger partial charge in [-0.1, -0.05) is 24.3 Å². The van der Waals surface area contributed by atoms with E-state index >= 15 is 0 Å². The fourth-order valence-corrected chi connectivity index (χ4v) is 1.62. The van der Waals surface area contributed by atoms with Gasteiger partial charge in [-0.15, -0.1) is 5.10 Å². The number of aromatic nitrogens is 3. The van der Waals surface area contributed by atoms with Crippen LogP contribution in [0.3, 0.4) is 0 Å². The number of rotatable bonds is 5. The van der Waals surface area contributed by atoms with Crippen LogP contribution in [0.15, 0.2) is 30.6 Å². The number of benzene rings is 1. The monoisotopic (exact) mass is 246 g/mol. The summed E-state index contributed by atoms with van der Waals surface area (Å²) in [5, 5.41) is 8.89. The number of carbonyl (C=O) groups is 1. The van der Waals surface area contributed by atoms with Gasteiger partial charge < -0.3 is 4.74 Å². The molecule has 0 spiro atoms. The molecule has 2 N–H and O–H groups in total. The maximum absolute atomic E-state index is 11.7. The zero-order chi connectivity index (χ0) is 12.8. The summed E-state index contributed by atoms with van der Waals surface area (Å²) in [6.45, 7) is 0.538. The number of carbonyl (C=O) groups excluding carboxylic acids is 1. The van der Waals surface area contributed by atoms with Crippen LogP contribution in [0.1, 0.15) is 11.1 Å². The predicted molar refractivity (Wildman–Crippen MR) is 65.9 cm³/mol. The molecule has 0 radical (unpaired) electrons. The number of anilines is 1. The van der Waals surface area contributed by atoms with E-state index in [-0.39, 0.29) is 18.3 Å². The molecule has 94 valence electrons. The molecule has 6 heteroatoms. The summed E-state index contributed by atoms with van der Waals surface area (Å²) in [6, 6.07) is 7.71. The second-order valence-corrected chi connectivity index (χ2v) is 3.80. The molecule has 1 aromatic carbocycles. The van der Waals surface area contributed by atoms with E-state index in [0.29, 0.717) is 6.61 Å². The van der Waals surface area contributed by atoms with Gasteiger partial charge >= 0.3 is 0 Å². The van der Waals surface area contributed by atoms with Crippen molar-refractivity contribution in [2.75, 3.05) is 12.4 Å². The smallest absolute Gasteiger partial charge is 0.248 e. The Balaban J connectivity index is 1.96. The zero-order valence-electron chi connectivity index (χ0n) is 10.0. The third-order valence-electron chi connectivity index (χ3n) is 2.33. The van der Waals surface area contributed by atoms with Crippen molar-refractivity contribution in [1.29, 1.82) is 0 Å². The summed E-state index contributed by atoms with van der Waals surface area (Å²) in [6.07, 6.45) is 1.70. The van der Waals surface area contributed by atoms with Crippen LogP contribution in [0.4, 0.5) is 5.95 Å². The predicted octanol–water partition coefficient (Wildman–Crippen LogP) is 1.13. The molecule has 0 aliphatic rings. The number of hydrogen-bond donors (Lipinski definition) is 2. The average molecular weight is 246 g/mol. The van der Waals surface area contributed by atoms with E-state index < -0.39 is 0 Å². The topological polar surface area (TPSA) is 79.9 Å². The molecule has 2 aromatic rings. The Kier molecular flexibility index (Phi) is 4.03. The number of aromatic amines is 1. The van der Waals surface area contributed by atoms with E-state index in [1.54, 1.807) is 7.11 Å². The highest BCUT2D eigenvalue weighted by Crippen LogP contribution is 2.08. The number of ether oxygens (including phenoxy) is 1. The number of H-pyrrole nitrogens is 1. The van der Waals surface area contributed by atoms with Crippen LogP contribution in [0.25, 0.3) is 0 Å². The zero-order valence-corrected chi connectivity index (χ0v) is 10.0. The highest BCUT2D eigenvalue weighted by atomic mass is 16.5. The van der Waals surface area contributed by atoms with Gasteiger partial charge in [-0.2, -0.15) is 0 Å². The molecule has 2 rings (SSSR count). The first-order chi connectivity index (χ1) is 8.78. The summed E-state index contributed by atoms with van der Waals surface area (Å²) >= 11 is 0. The Morgan fingerprint density at radius 1 is 1.44 bits per heavy atom. The van der Waals surface area contributed by atoms with Gasteiger partial charge in [0.1, 0.15) is 6.33 Å². The molecule has 18 heavy (non-hydrogen) atoms. The van der Waals surface area contributed by atoms with E-state index in [4.69, 9.17) is 4.74 Å². The summed E-state index contributed by atoms with van der Waals surface area (Å²) in [7, 11) is 1.64. The lowest BCUT2D eigenvalue weighted by Gasteiger charge is -2.04. The fourth-order valence-electron chi connectivity index (χ4n) is 1.62. The van der Waals surface area contributed by atoms with Gasteiger partial charge in [0, 0.05) is 7.11 Å². The lowest BCUT2D eigenvalue weighted by Crippen LogP contribution is -2.15. The highest BCUT2D eigenvalue weighted by molar-refractivity contribution is 5.90. The number of nitrogens with zero attached hydrogens (tertiary/aromatic N) is 2. The minimum Gasteiger partial charge on any atom is -0.380 e. The molecule has 6 nitrogen and oxygen atoms in total. The number of hydrogen-bond acceptors (Lipinski definition) is 4. The van der Waals surface area contributed by atoms with Gasteiger partial charge in [0.2, 0.25) is 11.9 Å². The Morgan fingerprint density at radius 3 is 3.00 bits per heavy atom. The first kappa shape index (κ1) is 12.3. The highest BCUT2D eigenvalue weighted by Gasteiger charge is 2.06. The summed E-state index contributed by atoms with van der Waals surface area (Å²) in [4.78, 5) is 15.5. The van der Waals surface area contributed by atoms with Crippen molar-refractivity contribution in [2.24, 2.45) is 0 Å². The second-order valence-electron chi connectivity index (χ2n) is 3.80. The molecule has 0 aliphatic heterocycles. The minimum absolute atomic E-state index is 0.149. The molecule has 1 aromatic heterocycles. The third-order valence-corrected chi connectivity index (χ3v) is 2.33. The van der Waals surface area contributed by atoms with E-state index in [0.717, 1.165) is 11.1 Å². The van der Waals surface area contributed by atoms with Gasteiger partial charge in [-0.05, 0) is 11.1 Å². The molecule has 0 saturated heterocycles. The van der Waals surface area contributed by atoms with Crippen molar-refractivity contribution < 1.29 is 9.53 Å². The standard InChI is InChI=1S/C12H14N4O2/c1-18-7-10-4-2-3-9(5-10)6-11(17)15-12-13-8-14-16-12/h2-5,8H,6-7H2,1H3,(H2,13,14,15,16,17). The van der Waals surface area contributed by atoms with Crippen LogP contribution in [-0.4, -0.2) is 28.2 Å². The van der Waals surface area contributed by atoms with Crippen LogP contribution < -0.4 is 5.32 Å². The normalized spacial score (nSPS) is 10.3. The quantitative estimate of drug-likeness (QED) is 0.828. The molecular formula is C12H14N4O2. The Labute approximate surface area is 104 Å². The summed E-state index contributed by atoms with van der Waals surface area (Å²) in [5.41, 5.74) is 1.97. The van der Waals surface area contributed by atoms with Gasteiger partial charge in [0.15, 0.2) is 0 Å². The van der Waals surface area contributed by atoms with E-state index in [1.807, 2.05) is 24.3 Å². The van der Waals surface area contributed by atoms with Gasteiger partial charge in [-0.25, -0.2) is 4.98 Å². The van der Waals surface area contributed by atoms with E-state index in [2.05, 4.69) is 20.5 Å². The first-order valence-electron chi connectivity index (χ1n) is 5.50. The first-order valence-corrected chi connectivity index (χ1v) is 5.50. The number of nitrogens with one attached hydrogen (secondary N) is 2. The molecule has 0 atom stereocenters. The van der Waals surface area contributed by atoms with Crippen molar-refractivity contribution >= 4 is 11.9 Å². The number of methoxy groups -OCH3 is 1. The molecular weight excluding hydrogens is 232 g/mol. The van der Waals surface area contributed by atoms with Crippen LogP contribution in [0, 0.1) is 0 Å². The van der Waals surface area contributed by atoms with Crippen LogP contribution in [0.2, 0.25) is 0 Å². The maximum Gasteiger partial charge on any atom is 0.248 e. The third kappa shape index (κ3) is 3.39. The summed E-state index contributed by atoms with van der Waals surface area (Å²) in [5.74, 6) is 0.136. The Morgan fingerprint density at radius 2 is 2.28 bits per heavy atom. The van der Waals surface area contributed by atoms with Crippen molar-refractivity contribution in [2.45, 2.75) is 13.0 Å². The van der Waals surface area contributed by atoms with Crippen molar-refractivity contribution in [1.82, 2.24) is 15.2 Å². The van der Waals surface area contributed by atoms with Crippen LogP contribution in [0.5, 0.6) is 0 Å². The lowest BCUT2D eigenvalue weighted by molar-refractivity contribution is -0.115. The fraction of sp³-hybridized carbons (Fsp3) is 0.250. The number of amides is 1. The molecule has 0 saturated carbocycles. The van der Waals surface area contributed by atoms with Crippen LogP contribution in [-0.2, 0) is 22.6 Å². The lowest BCUT2D eigenvalue weighted by atomic mass is 10.1. The SMILES string of the molecule is COCc1cccc(CC(=O)Nc2nc[nH]n2)c1. The Bertz CT molecular complexity index is 511. The Hall–Kier alpha value is -2.21. The largest absolute Gasteiger partial charge is 0.380 e. The van der Waals surface area contributed by atoms with Gasteiger partial charge in [0.05, 0.1) is 13.0 Å². The minimum atomic E-state index is -0.149. The molecule has 0 unspecified atom stereocenters. The molecule has 1 heterocycles. The summed E-state index contributed by atoms with van der Waals surface area (Å²) < 4.78 is 5.05. The van der Waals surface area contributed by atoms with Crippen molar-refractivity contribution in [3.8, 4) is 0 Å². The van der Waals surface area contributed by atoms with E-state index in [9.17, 15) is 4.79 Å².